The van der Waals surface area contributed by atoms with Crippen LogP contribution in [0.1, 0.15) is 11.4 Å². The minimum atomic E-state index is -0.355. The number of rotatable bonds is 3. The van der Waals surface area contributed by atoms with E-state index in [4.69, 9.17) is 5.26 Å². The third-order valence-corrected chi connectivity index (χ3v) is 2.73. The summed E-state index contributed by atoms with van der Waals surface area (Å²) in [6.45, 7) is 1.65. The van der Waals surface area contributed by atoms with Crippen molar-refractivity contribution in [3.63, 3.8) is 0 Å². The molecule has 1 aromatic carbocycles. The number of thiol groups is 1. The summed E-state index contributed by atoms with van der Waals surface area (Å²) >= 11 is 4.23. The first-order valence-corrected chi connectivity index (χ1v) is 5.66. The number of hydrogen-bond acceptors (Lipinski definition) is 6. The maximum atomic E-state index is 13.4. The summed E-state index contributed by atoms with van der Waals surface area (Å²) in [6.07, 6.45) is 1.37. The number of halogens is 1. The van der Waals surface area contributed by atoms with Crippen molar-refractivity contribution in [2.45, 2.75) is 11.8 Å². The Kier molecular flexibility index (Phi) is 3.77. The molecule has 19 heavy (non-hydrogen) atoms. The van der Waals surface area contributed by atoms with Crippen molar-refractivity contribution in [3.8, 4) is 6.07 Å². The molecule has 0 aliphatic carbocycles. The second-order valence-electron chi connectivity index (χ2n) is 3.67. The van der Waals surface area contributed by atoms with E-state index in [9.17, 15) is 4.39 Å². The summed E-state index contributed by atoms with van der Waals surface area (Å²) in [4.78, 5) is 0.570. The maximum Gasteiger partial charge on any atom is 0.216 e. The largest absolute Gasteiger partial charge is 0.359 e. The SMILES string of the molecule is Cc1cc(S)c(NC=C(C#N)c2nn[nH]n2)cc1F. The molecule has 2 rings (SSSR count). The molecule has 1 aromatic heterocycles. The van der Waals surface area contributed by atoms with Crippen molar-refractivity contribution in [2.24, 2.45) is 0 Å². The van der Waals surface area contributed by atoms with Crippen molar-refractivity contribution >= 4 is 23.9 Å². The second-order valence-corrected chi connectivity index (χ2v) is 4.15. The van der Waals surface area contributed by atoms with E-state index in [2.05, 4.69) is 38.6 Å². The van der Waals surface area contributed by atoms with Gasteiger partial charge in [-0.2, -0.15) is 10.5 Å². The molecule has 0 spiro atoms. The van der Waals surface area contributed by atoms with Crippen LogP contribution in [0.2, 0.25) is 0 Å². The van der Waals surface area contributed by atoms with Gasteiger partial charge in [-0.25, -0.2) is 4.39 Å². The van der Waals surface area contributed by atoms with E-state index < -0.39 is 0 Å². The van der Waals surface area contributed by atoms with Crippen LogP contribution in [-0.2, 0) is 0 Å². The Hall–Kier alpha value is -2.40. The topological polar surface area (TPSA) is 90.3 Å². The van der Waals surface area contributed by atoms with Crippen molar-refractivity contribution in [1.29, 1.82) is 5.26 Å². The third kappa shape index (κ3) is 2.89. The van der Waals surface area contributed by atoms with Gasteiger partial charge in [0.2, 0.25) is 5.82 Å². The van der Waals surface area contributed by atoms with Gasteiger partial charge < -0.3 is 5.32 Å². The summed E-state index contributed by atoms with van der Waals surface area (Å²) < 4.78 is 13.4. The lowest BCUT2D eigenvalue weighted by Gasteiger charge is -2.07. The molecule has 0 saturated carbocycles. The normalized spacial score (nSPS) is 11.2. The predicted molar refractivity (Wildman–Crippen MR) is 69.8 cm³/mol. The predicted octanol–water partition coefficient (Wildman–Crippen LogP) is 1.91. The summed E-state index contributed by atoms with van der Waals surface area (Å²) in [7, 11) is 0. The Labute approximate surface area is 113 Å². The number of allylic oxidation sites excluding steroid dienone is 1. The van der Waals surface area contributed by atoms with Crippen LogP contribution in [0.4, 0.5) is 10.1 Å². The highest BCUT2D eigenvalue weighted by atomic mass is 32.1. The molecule has 0 atom stereocenters. The second kappa shape index (κ2) is 5.49. The van der Waals surface area contributed by atoms with Crippen LogP contribution in [0, 0.1) is 24.1 Å². The fourth-order valence-corrected chi connectivity index (χ4v) is 1.68. The van der Waals surface area contributed by atoms with Gasteiger partial charge in [0.1, 0.15) is 17.5 Å². The van der Waals surface area contributed by atoms with Crippen LogP contribution in [0.15, 0.2) is 23.2 Å². The quantitative estimate of drug-likeness (QED) is 0.588. The van der Waals surface area contributed by atoms with Crippen molar-refractivity contribution in [2.75, 3.05) is 5.32 Å². The van der Waals surface area contributed by atoms with E-state index in [1.165, 1.54) is 12.3 Å². The Bertz CT molecular complexity index is 659. The minimum absolute atomic E-state index is 0.156. The Morgan fingerprint density at radius 2 is 2.37 bits per heavy atom. The molecule has 96 valence electrons. The number of nitriles is 1. The molecular formula is C11H9FN6S. The van der Waals surface area contributed by atoms with E-state index in [1.54, 1.807) is 13.0 Å². The average Bonchev–Trinajstić information content (AvgIpc) is 2.90. The standard InChI is InChI=1S/C11H9FN6S/c1-6-2-10(19)9(3-8(6)12)14-5-7(4-13)11-15-17-18-16-11/h2-3,5,14,19H,1H3,(H,15,16,17,18). The van der Waals surface area contributed by atoms with E-state index in [0.29, 0.717) is 16.1 Å². The van der Waals surface area contributed by atoms with E-state index >= 15 is 0 Å². The molecule has 0 unspecified atom stereocenters. The number of tetrazole rings is 1. The van der Waals surface area contributed by atoms with Gasteiger partial charge in [0.05, 0.1) is 5.69 Å². The minimum Gasteiger partial charge on any atom is -0.359 e. The molecule has 0 radical (unpaired) electrons. The van der Waals surface area contributed by atoms with Crippen molar-refractivity contribution in [3.05, 3.63) is 35.5 Å². The van der Waals surface area contributed by atoms with Gasteiger partial charge in [0, 0.05) is 11.1 Å². The molecule has 2 N–H and O–H groups in total. The van der Waals surface area contributed by atoms with Crippen LogP contribution in [0.3, 0.4) is 0 Å². The molecule has 6 nitrogen and oxygen atoms in total. The lowest BCUT2D eigenvalue weighted by Crippen LogP contribution is -1.95. The summed E-state index contributed by atoms with van der Waals surface area (Å²) in [6, 6.07) is 4.81. The van der Waals surface area contributed by atoms with Gasteiger partial charge in [0.25, 0.3) is 0 Å². The van der Waals surface area contributed by atoms with Gasteiger partial charge in [-0.1, -0.05) is 0 Å². The third-order valence-electron chi connectivity index (χ3n) is 2.36. The lowest BCUT2D eigenvalue weighted by atomic mass is 10.2. The zero-order chi connectivity index (χ0) is 13.8. The van der Waals surface area contributed by atoms with Gasteiger partial charge in [0.15, 0.2) is 0 Å². The van der Waals surface area contributed by atoms with Crippen molar-refractivity contribution < 1.29 is 4.39 Å². The van der Waals surface area contributed by atoms with Gasteiger partial charge in [-0.15, -0.1) is 22.8 Å². The number of anilines is 1. The average molecular weight is 276 g/mol. The van der Waals surface area contributed by atoms with Crippen LogP contribution in [-0.4, -0.2) is 20.6 Å². The highest BCUT2D eigenvalue weighted by Gasteiger charge is 2.07. The van der Waals surface area contributed by atoms with Crippen LogP contribution in [0.5, 0.6) is 0 Å². The van der Waals surface area contributed by atoms with E-state index in [1.807, 2.05) is 6.07 Å². The van der Waals surface area contributed by atoms with Gasteiger partial charge >= 0.3 is 0 Å². The zero-order valence-corrected chi connectivity index (χ0v) is 10.7. The number of benzene rings is 1. The highest BCUT2D eigenvalue weighted by Crippen LogP contribution is 2.24. The summed E-state index contributed by atoms with van der Waals surface area (Å²) in [5, 5.41) is 24.7. The number of hydrogen-bond donors (Lipinski definition) is 3. The molecular weight excluding hydrogens is 267 g/mol. The van der Waals surface area contributed by atoms with Crippen molar-refractivity contribution in [1.82, 2.24) is 20.6 Å². The summed E-state index contributed by atoms with van der Waals surface area (Å²) in [5.74, 6) is -0.199. The summed E-state index contributed by atoms with van der Waals surface area (Å²) in [5.41, 5.74) is 1.11. The number of aromatic nitrogens is 4. The fourth-order valence-electron chi connectivity index (χ4n) is 1.35. The Morgan fingerprint density at radius 3 is 3.00 bits per heavy atom. The first-order valence-electron chi connectivity index (χ1n) is 5.21. The number of aromatic amines is 1. The molecule has 0 amide bonds. The van der Waals surface area contributed by atoms with Gasteiger partial charge in [-0.05, 0) is 29.8 Å². The van der Waals surface area contributed by atoms with Crippen LogP contribution in [0.25, 0.3) is 5.57 Å². The number of nitrogens with one attached hydrogen (secondary N) is 2. The Morgan fingerprint density at radius 1 is 1.58 bits per heavy atom. The smallest absolute Gasteiger partial charge is 0.216 e. The van der Waals surface area contributed by atoms with E-state index in [-0.39, 0.29) is 17.2 Å². The highest BCUT2D eigenvalue weighted by molar-refractivity contribution is 7.80. The molecule has 2 aromatic rings. The molecule has 0 saturated heterocycles. The fraction of sp³-hybridized carbons (Fsp3) is 0.0909. The monoisotopic (exact) mass is 276 g/mol. The number of H-pyrrole nitrogens is 1. The van der Waals surface area contributed by atoms with Gasteiger partial charge in [-0.3, -0.25) is 0 Å². The van der Waals surface area contributed by atoms with E-state index in [0.717, 1.165) is 0 Å². The molecule has 0 aliphatic heterocycles. The maximum absolute atomic E-state index is 13.4. The zero-order valence-electron chi connectivity index (χ0n) is 9.85. The molecule has 0 fully saturated rings. The molecule has 0 bridgehead atoms. The first-order chi connectivity index (χ1) is 9.11. The first kappa shape index (κ1) is 13.0. The number of aryl methyl sites for hydroxylation is 1. The van der Waals surface area contributed by atoms with Crippen LogP contribution < -0.4 is 5.32 Å². The van der Waals surface area contributed by atoms with Crippen LogP contribution >= 0.6 is 12.6 Å². The lowest BCUT2D eigenvalue weighted by molar-refractivity contribution is 0.618. The molecule has 8 heteroatoms. The molecule has 1 heterocycles. The Balaban J connectivity index is 2.27. The number of nitrogens with zero attached hydrogens (tertiary/aromatic N) is 4. The molecule has 0 aliphatic rings.